The first-order valence-electron chi connectivity index (χ1n) is 6.89. The number of nitrogens with zero attached hydrogens (tertiary/aromatic N) is 1. The Bertz CT molecular complexity index is 541. The lowest BCUT2D eigenvalue weighted by atomic mass is 9.96. The number of rotatable bonds is 3. The van der Waals surface area contributed by atoms with E-state index >= 15 is 0 Å². The molecule has 8 heteroatoms. The van der Waals surface area contributed by atoms with E-state index in [1.807, 2.05) is 7.05 Å². The number of anilines is 2. The first-order chi connectivity index (χ1) is 10.2. The van der Waals surface area contributed by atoms with Crippen LogP contribution in [0.3, 0.4) is 0 Å². The summed E-state index contributed by atoms with van der Waals surface area (Å²) in [6.45, 7) is 1.69. The summed E-state index contributed by atoms with van der Waals surface area (Å²) in [5.41, 5.74) is 5.69. The van der Waals surface area contributed by atoms with Crippen molar-refractivity contribution in [2.24, 2.45) is 5.92 Å². The van der Waals surface area contributed by atoms with E-state index in [9.17, 15) is 18.0 Å². The van der Waals surface area contributed by atoms with Crippen molar-refractivity contribution in [3.63, 3.8) is 0 Å². The van der Waals surface area contributed by atoms with Gasteiger partial charge < -0.3 is 20.7 Å². The number of amides is 1. The summed E-state index contributed by atoms with van der Waals surface area (Å²) in [5, 5.41) is 2.68. The minimum absolute atomic E-state index is 0.0940. The maximum Gasteiger partial charge on any atom is 0.573 e. The van der Waals surface area contributed by atoms with Gasteiger partial charge in [0, 0.05) is 11.6 Å². The van der Waals surface area contributed by atoms with Gasteiger partial charge in [-0.15, -0.1) is 13.2 Å². The monoisotopic (exact) mass is 317 g/mol. The van der Waals surface area contributed by atoms with Crippen LogP contribution in [-0.2, 0) is 4.79 Å². The molecule has 0 bridgehead atoms. The number of hydrogen-bond acceptors (Lipinski definition) is 4. The van der Waals surface area contributed by atoms with Gasteiger partial charge >= 0.3 is 6.36 Å². The average Bonchev–Trinajstić information content (AvgIpc) is 2.41. The van der Waals surface area contributed by atoms with Crippen molar-refractivity contribution >= 4 is 17.3 Å². The van der Waals surface area contributed by atoms with Gasteiger partial charge in [-0.1, -0.05) is 0 Å². The molecule has 1 saturated heterocycles. The summed E-state index contributed by atoms with van der Waals surface area (Å²) >= 11 is 0. The molecular formula is C14H18F3N3O2. The van der Waals surface area contributed by atoms with Crippen LogP contribution >= 0.6 is 0 Å². The van der Waals surface area contributed by atoms with Crippen molar-refractivity contribution in [3.8, 4) is 5.75 Å². The summed E-state index contributed by atoms with van der Waals surface area (Å²) in [6.07, 6.45) is -3.28. The number of halogens is 3. The van der Waals surface area contributed by atoms with Gasteiger partial charge in [-0.05, 0) is 51.2 Å². The third-order valence-electron chi connectivity index (χ3n) is 3.59. The summed E-state index contributed by atoms with van der Waals surface area (Å²) in [4.78, 5) is 14.3. The molecule has 0 atom stereocenters. The number of nitrogen functional groups attached to an aromatic ring is 1. The smallest absolute Gasteiger partial charge is 0.404 e. The lowest BCUT2D eigenvalue weighted by molar-refractivity contribution is -0.274. The number of likely N-dealkylation sites (tertiary alicyclic amines) is 1. The van der Waals surface area contributed by atoms with Crippen LogP contribution in [0.2, 0.25) is 0 Å². The lowest BCUT2D eigenvalue weighted by Gasteiger charge is -2.28. The molecule has 2 rings (SSSR count). The number of carbonyl (C=O) groups is 1. The number of benzene rings is 1. The second kappa shape index (κ2) is 6.43. The molecule has 1 aromatic carbocycles. The lowest BCUT2D eigenvalue weighted by Crippen LogP contribution is -2.35. The Hall–Kier alpha value is -1.96. The Labute approximate surface area is 126 Å². The van der Waals surface area contributed by atoms with Crippen LogP contribution in [0.25, 0.3) is 0 Å². The number of alkyl halides is 3. The SMILES string of the molecule is CN1CCC(C(=O)Nc2ccc(OC(F)(F)F)c(N)c2)CC1. The Morgan fingerprint density at radius 1 is 1.36 bits per heavy atom. The molecule has 0 spiro atoms. The fourth-order valence-electron chi connectivity index (χ4n) is 2.36. The van der Waals surface area contributed by atoms with Gasteiger partial charge in [0.05, 0.1) is 5.69 Å². The fraction of sp³-hybridized carbons (Fsp3) is 0.500. The number of hydrogen-bond donors (Lipinski definition) is 2. The molecule has 1 aliphatic heterocycles. The second-order valence-corrected chi connectivity index (χ2v) is 5.37. The highest BCUT2D eigenvalue weighted by atomic mass is 19.4. The number of ether oxygens (including phenoxy) is 1. The molecule has 0 saturated carbocycles. The third kappa shape index (κ3) is 4.52. The van der Waals surface area contributed by atoms with Gasteiger partial charge in [-0.25, -0.2) is 0 Å². The molecule has 1 aromatic rings. The van der Waals surface area contributed by atoms with Crippen LogP contribution in [0.5, 0.6) is 5.75 Å². The van der Waals surface area contributed by atoms with E-state index in [0.717, 1.165) is 32.0 Å². The predicted octanol–water partition coefficient (Wildman–Crippen LogP) is 2.45. The standard InChI is InChI=1S/C14H18F3N3O2/c1-20-6-4-9(5-7-20)13(21)19-10-2-3-12(11(18)8-10)22-14(15,16)17/h2-3,8-9H,4-7,18H2,1H3,(H,19,21). The number of nitrogens with one attached hydrogen (secondary N) is 1. The molecule has 0 aromatic heterocycles. The minimum atomic E-state index is -4.80. The molecule has 5 nitrogen and oxygen atoms in total. The largest absolute Gasteiger partial charge is 0.573 e. The van der Waals surface area contributed by atoms with E-state index in [2.05, 4.69) is 15.0 Å². The molecule has 1 heterocycles. The van der Waals surface area contributed by atoms with Crippen molar-refractivity contribution in [2.45, 2.75) is 19.2 Å². The molecule has 1 amide bonds. The highest BCUT2D eigenvalue weighted by Gasteiger charge is 2.32. The topological polar surface area (TPSA) is 67.6 Å². The Balaban J connectivity index is 1.98. The van der Waals surface area contributed by atoms with E-state index in [4.69, 9.17) is 5.73 Å². The van der Waals surface area contributed by atoms with Gasteiger partial charge in [-0.2, -0.15) is 0 Å². The van der Waals surface area contributed by atoms with Crippen LogP contribution in [0.1, 0.15) is 12.8 Å². The van der Waals surface area contributed by atoms with Gasteiger partial charge in [0.15, 0.2) is 5.75 Å². The third-order valence-corrected chi connectivity index (χ3v) is 3.59. The van der Waals surface area contributed by atoms with Crippen molar-refractivity contribution in [3.05, 3.63) is 18.2 Å². The minimum Gasteiger partial charge on any atom is -0.404 e. The molecule has 3 N–H and O–H groups in total. The highest BCUT2D eigenvalue weighted by molar-refractivity contribution is 5.93. The molecule has 1 aliphatic rings. The van der Waals surface area contributed by atoms with Crippen LogP contribution < -0.4 is 15.8 Å². The zero-order valence-electron chi connectivity index (χ0n) is 12.1. The molecular weight excluding hydrogens is 299 g/mol. The van der Waals surface area contributed by atoms with E-state index in [1.165, 1.54) is 12.1 Å². The van der Waals surface area contributed by atoms with Crippen molar-refractivity contribution in [1.29, 1.82) is 0 Å². The van der Waals surface area contributed by atoms with E-state index < -0.39 is 12.1 Å². The Morgan fingerprint density at radius 3 is 2.55 bits per heavy atom. The predicted molar refractivity (Wildman–Crippen MR) is 76.4 cm³/mol. The van der Waals surface area contributed by atoms with E-state index in [-0.39, 0.29) is 17.5 Å². The van der Waals surface area contributed by atoms with Gasteiger partial charge in [0.2, 0.25) is 5.91 Å². The Morgan fingerprint density at radius 2 is 2.00 bits per heavy atom. The van der Waals surface area contributed by atoms with Crippen LogP contribution in [0, 0.1) is 5.92 Å². The van der Waals surface area contributed by atoms with E-state index in [1.54, 1.807) is 0 Å². The zero-order chi connectivity index (χ0) is 16.3. The van der Waals surface area contributed by atoms with Crippen LogP contribution in [0.4, 0.5) is 24.5 Å². The van der Waals surface area contributed by atoms with Gasteiger partial charge in [0.1, 0.15) is 0 Å². The van der Waals surface area contributed by atoms with E-state index in [0.29, 0.717) is 5.69 Å². The highest BCUT2D eigenvalue weighted by Crippen LogP contribution is 2.30. The van der Waals surface area contributed by atoms with Gasteiger partial charge in [0.25, 0.3) is 0 Å². The average molecular weight is 317 g/mol. The van der Waals surface area contributed by atoms with Crippen molar-refractivity contribution in [1.82, 2.24) is 4.90 Å². The number of piperidine rings is 1. The first-order valence-corrected chi connectivity index (χ1v) is 6.89. The molecule has 0 radical (unpaired) electrons. The molecule has 1 fully saturated rings. The normalized spacial score (nSPS) is 17.3. The molecule has 0 unspecified atom stereocenters. The summed E-state index contributed by atoms with van der Waals surface area (Å²) in [5.74, 6) is -0.717. The summed E-state index contributed by atoms with van der Waals surface area (Å²) < 4.78 is 40.2. The molecule has 22 heavy (non-hydrogen) atoms. The summed E-state index contributed by atoms with van der Waals surface area (Å²) in [6, 6.07) is 3.69. The second-order valence-electron chi connectivity index (χ2n) is 5.37. The van der Waals surface area contributed by atoms with Crippen LogP contribution in [0.15, 0.2) is 18.2 Å². The molecule has 0 aliphatic carbocycles. The quantitative estimate of drug-likeness (QED) is 0.840. The van der Waals surface area contributed by atoms with Gasteiger partial charge in [-0.3, -0.25) is 4.79 Å². The summed E-state index contributed by atoms with van der Waals surface area (Å²) in [7, 11) is 1.99. The zero-order valence-corrected chi connectivity index (χ0v) is 12.1. The first kappa shape index (κ1) is 16.4. The Kier molecular flexibility index (Phi) is 4.80. The molecule has 122 valence electrons. The van der Waals surface area contributed by atoms with Crippen LogP contribution in [-0.4, -0.2) is 37.3 Å². The number of carbonyl (C=O) groups excluding carboxylic acids is 1. The maximum atomic E-state index is 12.2. The number of nitrogens with two attached hydrogens (primary N) is 1. The van der Waals surface area contributed by atoms with Crippen molar-refractivity contribution in [2.75, 3.05) is 31.2 Å². The van der Waals surface area contributed by atoms with Crippen molar-refractivity contribution < 1.29 is 22.7 Å². The fourth-order valence-corrected chi connectivity index (χ4v) is 2.36. The maximum absolute atomic E-state index is 12.2.